The monoisotopic (exact) mass is 182 g/mol. The van der Waals surface area contributed by atoms with E-state index in [-0.39, 0.29) is 0 Å². The van der Waals surface area contributed by atoms with E-state index >= 15 is 0 Å². The number of hydrogen-bond acceptors (Lipinski definition) is 5. The first kappa shape index (κ1) is 8.99. The molecular formula is C7H10N4S. The molecule has 1 aromatic heterocycles. The molecule has 2 N–H and O–H groups in total. The first-order valence-electron chi connectivity index (χ1n) is 3.40. The van der Waals surface area contributed by atoms with Crippen molar-refractivity contribution in [2.24, 2.45) is 0 Å². The summed E-state index contributed by atoms with van der Waals surface area (Å²) in [7, 11) is 0. The number of nitrogen functional groups attached to an aromatic ring is 1. The fourth-order valence-electron chi connectivity index (χ4n) is 0.714. The highest BCUT2D eigenvalue weighted by Gasteiger charge is 2.06. The molecule has 0 spiro atoms. The maximum atomic E-state index is 5.59. The zero-order valence-electron chi connectivity index (χ0n) is 7.03. The lowest BCUT2D eigenvalue weighted by atomic mass is 10.4. The molecule has 0 fully saturated rings. The van der Waals surface area contributed by atoms with Crippen LogP contribution in [0.15, 0.2) is 16.4 Å². The quantitative estimate of drug-likeness (QED) is 0.700. The van der Waals surface area contributed by atoms with Crippen molar-refractivity contribution >= 4 is 17.6 Å². The summed E-state index contributed by atoms with van der Waals surface area (Å²) in [6.07, 6.45) is 0. The summed E-state index contributed by atoms with van der Waals surface area (Å²) in [5, 5.41) is 10.9. The Morgan fingerprint density at radius 2 is 2.17 bits per heavy atom. The summed E-state index contributed by atoms with van der Waals surface area (Å²) < 4.78 is 0. The average molecular weight is 182 g/mol. The maximum Gasteiger partial charge on any atom is 0.163 e. The second-order valence-electron chi connectivity index (χ2n) is 2.39. The molecule has 0 radical (unpaired) electrons. The van der Waals surface area contributed by atoms with Crippen molar-refractivity contribution in [2.45, 2.75) is 18.7 Å². The lowest BCUT2D eigenvalue weighted by molar-refractivity contribution is 0.818. The number of thioether (sulfide) groups is 1. The molecule has 0 bridgehead atoms. The van der Waals surface area contributed by atoms with Gasteiger partial charge in [-0.3, -0.25) is 0 Å². The second kappa shape index (κ2) is 3.53. The molecule has 0 saturated heterocycles. The van der Waals surface area contributed by atoms with Crippen LogP contribution >= 0.6 is 11.8 Å². The predicted molar refractivity (Wildman–Crippen MR) is 49.6 cm³/mol. The number of nitrogens with two attached hydrogens (primary N) is 1. The molecular weight excluding hydrogens is 172 g/mol. The van der Waals surface area contributed by atoms with E-state index in [1.807, 2.05) is 13.8 Å². The molecule has 1 heterocycles. The molecule has 0 aromatic carbocycles. The molecule has 1 aromatic rings. The first-order valence-corrected chi connectivity index (χ1v) is 4.21. The fraction of sp³-hybridized carbons (Fsp3) is 0.286. The zero-order valence-corrected chi connectivity index (χ0v) is 7.85. The summed E-state index contributed by atoms with van der Waals surface area (Å²) >= 11 is 1.47. The minimum atomic E-state index is 0.413. The molecule has 5 heteroatoms. The van der Waals surface area contributed by atoms with Gasteiger partial charge < -0.3 is 5.73 Å². The molecule has 0 saturated carbocycles. The van der Waals surface area contributed by atoms with Gasteiger partial charge in [0.2, 0.25) is 0 Å². The molecule has 0 unspecified atom stereocenters. The van der Waals surface area contributed by atoms with Gasteiger partial charge in [0.1, 0.15) is 0 Å². The Morgan fingerprint density at radius 3 is 2.67 bits per heavy atom. The number of rotatable bonds is 2. The van der Waals surface area contributed by atoms with E-state index < -0.39 is 0 Å². The Kier molecular flexibility index (Phi) is 2.65. The predicted octanol–water partition coefficient (Wildman–Crippen LogP) is 1.39. The number of anilines is 1. The van der Waals surface area contributed by atoms with Gasteiger partial charge in [0.25, 0.3) is 0 Å². The number of aryl methyl sites for hydroxylation is 1. The van der Waals surface area contributed by atoms with Crippen molar-refractivity contribution in [2.75, 3.05) is 5.73 Å². The highest BCUT2D eigenvalue weighted by Crippen LogP contribution is 2.29. The SMILES string of the molecule is C=C(C)Sc1c(C)nnnc1N. The van der Waals surface area contributed by atoms with Gasteiger partial charge in [0, 0.05) is 0 Å². The third-order valence-electron chi connectivity index (χ3n) is 1.18. The Hall–Kier alpha value is -1.10. The molecule has 12 heavy (non-hydrogen) atoms. The number of allylic oxidation sites excluding steroid dienone is 1. The smallest absolute Gasteiger partial charge is 0.163 e. The van der Waals surface area contributed by atoms with E-state index in [0.717, 1.165) is 15.5 Å². The summed E-state index contributed by atoms with van der Waals surface area (Å²) in [6.45, 7) is 7.51. The Morgan fingerprint density at radius 1 is 1.50 bits per heavy atom. The molecule has 0 amide bonds. The highest BCUT2D eigenvalue weighted by molar-refractivity contribution is 8.03. The van der Waals surface area contributed by atoms with Gasteiger partial charge in [-0.05, 0) is 24.0 Å². The summed E-state index contributed by atoms with van der Waals surface area (Å²) in [5.41, 5.74) is 6.38. The number of hydrogen-bond donors (Lipinski definition) is 1. The second-order valence-corrected chi connectivity index (χ2v) is 3.70. The van der Waals surface area contributed by atoms with Crippen molar-refractivity contribution in [3.8, 4) is 0 Å². The van der Waals surface area contributed by atoms with Crippen LogP contribution in [0, 0.1) is 6.92 Å². The lowest BCUT2D eigenvalue weighted by Crippen LogP contribution is -2.00. The van der Waals surface area contributed by atoms with Crippen LogP contribution in [0.4, 0.5) is 5.82 Å². The summed E-state index contributed by atoms with van der Waals surface area (Å²) in [6, 6.07) is 0. The molecule has 0 aliphatic heterocycles. The highest BCUT2D eigenvalue weighted by atomic mass is 32.2. The standard InChI is InChI=1S/C7H10N4S/c1-4(2)12-6-5(3)9-11-10-7(6)8/h1H2,2-3H3,(H2,8,9,10). The normalized spacial score (nSPS) is 9.83. The Bertz CT molecular complexity index is 290. The maximum absolute atomic E-state index is 5.59. The number of nitrogens with zero attached hydrogens (tertiary/aromatic N) is 3. The molecule has 0 aliphatic carbocycles. The van der Waals surface area contributed by atoms with E-state index in [0.29, 0.717) is 5.82 Å². The first-order chi connectivity index (χ1) is 5.61. The zero-order chi connectivity index (χ0) is 9.14. The minimum Gasteiger partial charge on any atom is -0.381 e. The van der Waals surface area contributed by atoms with Crippen molar-refractivity contribution in [3.05, 3.63) is 17.2 Å². The van der Waals surface area contributed by atoms with Gasteiger partial charge in [-0.15, -0.1) is 10.2 Å². The van der Waals surface area contributed by atoms with E-state index in [1.165, 1.54) is 11.8 Å². The molecule has 1 rings (SSSR count). The van der Waals surface area contributed by atoms with Crippen molar-refractivity contribution in [1.82, 2.24) is 15.4 Å². The van der Waals surface area contributed by atoms with E-state index in [4.69, 9.17) is 5.73 Å². The minimum absolute atomic E-state index is 0.413. The van der Waals surface area contributed by atoms with Gasteiger partial charge in [0.05, 0.1) is 10.6 Å². The van der Waals surface area contributed by atoms with Crippen LogP contribution in [-0.2, 0) is 0 Å². The topological polar surface area (TPSA) is 64.7 Å². The molecule has 0 aliphatic rings. The van der Waals surface area contributed by atoms with Gasteiger partial charge in [-0.25, -0.2) is 0 Å². The van der Waals surface area contributed by atoms with Crippen LogP contribution in [0.5, 0.6) is 0 Å². The largest absolute Gasteiger partial charge is 0.381 e. The van der Waals surface area contributed by atoms with Gasteiger partial charge >= 0.3 is 0 Å². The van der Waals surface area contributed by atoms with Crippen LogP contribution in [0.25, 0.3) is 0 Å². The van der Waals surface area contributed by atoms with Gasteiger partial charge in [0.15, 0.2) is 5.82 Å². The molecule has 0 atom stereocenters. The van der Waals surface area contributed by atoms with Crippen molar-refractivity contribution in [1.29, 1.82) is 0 Å². The summed E-state index contributed by atoms with van der Waals surface area (Å²) in [5.74, 6) is 0.413. The fourth-order valence-corrected chi connectivity index (χ4v) is 1.40. The van der Waals surface area contributed by atoms with Crippen LogP contribution in [0.2, 0.25) is 0 Å². The van der Waals surface area contributed by atoms with Crippen molar-refractivity contribution < 1.29 is 0 Å². The average Bonchev–Trinajstić information content (AvgIpc) is 1.97. The third-order valence-corrected chi connectivity index (χ3v) is 2.24. The van der Waals surface area contributed by atoms with Crippen LogP contribution < -0.4 is 5.73 Å². The van der Waals surface area contributed by atoms with Crippen LogP contribution in [0.3, 0.4) is 0 Å². The summed E-state index contributed by atoms with van der Waals surface area (Å²) in [4.78, 5) is 1.80. The van der Waals surface area contributed by atoms with Gasteiger partial charge in [-0.1, -0.05) is 18.3 Å². The molecule has 64 valence electrons. The molecule has 4 nitrogen and oxygen atoms in total. The van der Waals surface area contributed by atoms with Crippen LogP contribution in [-0.4, -0.2) is 15.4 Å². The van der Waals surface area contributed by atoms with E-state index in [9.17, 15) is 0 Å². The Labute approximate surface area is 75.3 Å². The third kappa shape index (κ3) is 1.94. The van der Waals surface area contributed by atoms with E-state index in [1.54, 1.807) is 0 Å². The van der Waals surface area contributed by atoms with Crippen LogP contribution in [0.1, 0.15) is 12.6 Å². The Balaban J connectivity index is 3.04. The van der Waals surface area contributed by atoms with Gasteiger partial charge in [-0.2, -0.15) is 0 Å². The van der Waals surface area contributed by atoms with E-state index in [2.05, 4.69) is 22.0 Å². The van der Waals surface area contributed by atoms with Crippen molar-refractivity contribution in [3.63, 3.8) is 0 Å². The lowest BCUT2D eigenvalue weighted by Gasteiger charge is -2.03. The number of aromatic nitrogens is 3.